The van der Waals surface area contributed by atoms with E-state index >= 15 is 0 Å². The molecular formula is C11H11F4OSi. The van der Waals surface area contributed by atoms with Gasteiger partial charge in [-0.05, 0) is 38.3 Å². The van der Waals surface area contributed by atoms with Crippen LogP contribution in [0, 0.1) is 23.3 Å². The quantitative estimate of drug-likeness (QED) is 0.351. The van der Waals surface area contributed by atoms with Crippen molar-refractivity contribution in [1.82, 2.24) is 0 Å². The topological polar surface area (TPSA) is 9.23 Å². The summed E-state index contributed by atoms with van der Waals surface area (Å²) in [5, 5.41) is 0. The van der Waals surface area contributed by atoms with Crippen molar-refractivity contribution < 1.29 is 22.0 Å². The molecule has 0 fully saturated rings. The van der Waals surface area contributed by atoms with Crippen molar-refractivity contribution in [3.63, 3.8) is 0 Å². The average Bonchev–Trinajstić information content (AvgIpc) is 2.29. The molecule has 93 valence electrons. The van der Waals surface area contributed by atoms with Gasteiger partial charge in [-0.25, -0.2) is 17.6 Å². The van der Waals surface area contributed by atoms with E-state index in [-0.39, 0.29) is 12.0 Å². The Morgan fingerprint density at radius 3 is 2.24 bits per heavy atom. The highest BCUT2D eigenvalue weighted by Gasteiger charge is 2.21. The van der Waals surface area contributed by atoms with Gasteiger partial charge in [0.2, 0.25) is 10.5 Å². The largest absolute Gasteiger partial charge is 0.414 e. The van der Waals surface area contributed by atoms with Gasteiger partial charge in [-0.1, -0.05) is 0 Å². The minimum Gasteiger partial charge on any atom is -0.414 e. The normalized spacial score (nSPS) is 11.9. The van der Waals surface area contributed by atoms with Gasteiger partial charge in [-0.15, -0.1) is 0 Å². The molecule has 0 aliphatic carbocycles. The van der Waals surface area contributed by atoms with Crippen LogP contribution in [0.15, 0.2) is 6.07 Å². The molecule has 1 aromatic rings. The fourth-order valence-electron chi connectivity index (χ4n) is 1.29. The molecule has 0 heterocycles. The highest BCUT2D eigenvalue weighted by Crippen LogP contribution is 2.22. The van der Waals surface area contributed by atoms with E-state index in [0.29, 0.717) is 12.5 Å². The van der Waals surface area contributed by atoms with Crippen molar-refractivity contribution >= 4 is 10.5 Å². The number of halogens is 4. The summed E-state index contributed by atoms with van der Waals surface area (Å²) in [5.74, 6) is -6.32. The molecule has 1 nitrogen and oxygen atoms in total. The lowest BCUT2D eigenvalue weighted by atomic mass is 9.98. The number of aryl methyl sites for hydroxylation is 1. The molecule has 0 aromatic heterocycles. The monoisotopic (exact) mass is 263 g/mol. The Bertz CT molecular complexity index is 420. The molecule has 0 N–H and O–H groups in total. The van der Waals surface area contributed by atoms with E-state index < -0.39 is 28.9 Å². The second-order valence-electron chi connectivity index (χ2n) is 4.32. The van der Waals surface area contributed by atoms with Crippen LogP contribution < -0.4 is 0 Å². The molecule has 0 aliphatic heterocycles. The van der Waals surface area contributed by atoms with Crippen LogP contribution in [0.3, 0.4) is 0 Å². The van der Waals surface area contributed by atoms with Gasteiger partial charge in [0.05, 0.1) is 5.60 Å². The number of rotatable bonds is 4. The molecule has 6 heteroatoms. The van der Waals surface area contributed by atoms with E-state index in [4.69, 9.17) is 4.43 Å². The van der Waals surface area contributed by atoms with Gasteiger partial charge >= 0.3 is 0 Å². The van der Waals surface area contributed by atoms with Crippen LogP contribution in [0.5, 0.6) is 0 Å². The third-order valence-electron chi connectivity index (χ3n) is 2.45. The van der Waals surface area contributed by atoms with E-state index in [1.807, 2.05) is 0 Å². The Balaban J connectivity index is 2.93. The van der Waals surface area contributed by atoms with E-state index in [1.54, 1.807) is 13.8 Å². The molecule has 0 amide bonds. The van der Waals surface area contributed by atoms with Crippen molar-refractivity contribution in [2.24, 2.45) is 0 Å². The summed E-state index contributed by atoms with van der Waals surface area (Å²) < 4.78 is 56.7. The number of hydrogen-bond donors (Lipinski definition) is 0. The van der Waals surface area contributed by atoms with Gasteiger partial charge in [0.15, 0.2) is 23.3 Å². The maximum absolute atomic E-state index is 13.3. The lowest BCUT2D eigenvalue weighted by Crippen LogP contribution is -2.24. The summed E-state index contributed by atoms with van der Waals surface area (Å²) in [6.07, 6.45) is 0.357. The molecule has 0 aliphatic rings. The minimum atomic E-state index is -1.79. The van der Waals surface area contributed by atoms with E-state index in [1.165, 1.54) is 0 Å². The summed E-state index contributed by atoms with van der Waals surface area (Å²) in [4.78, 5) is 0. The molecule has 17 heavy (non-hydrogen) atoms. The maximum atomic E-state index is 13.3. The second-order valence-corrected chi connectivity index (χ2v) is 4.53. The molecule has 1 rings (SSSR count). The summed E-state index contributed by atoms with van der Waals surface area (Å²) in [6.45, 7) is 3.43. The van der Waals surface area contributed by atoms with E-state index in [9.17, 15) is 17.6 Å². The average molecular weight is 263 g/mol. The highest BCUT2D eigenvalue weighted by atomic mass is 28.2. The van der Waals surface area contributed by atoms with Gasteiger partial charge < -0.3 is 4.43 Å². The van der Waals surface area contributed by atoms with Gasteiger partial charge in [0, 0.05) is 0 Å². The Hall–Kier alpha value is -0.883. The van der Waals surface area contributed by atoms with Crippen molar-refractivity contribution in [3.8, 4) is 0 Å². The van der Waals surface area contributed by atoms with Crippen LogP contribution in [-0.2, 0) is 10.8 Å². The molecule has 0 bridgehead atoms. The second kappa shape index (κ2) is 5.18. The molecule has 0 spiro atoms. The van der Waals surface area contributed by atoms with Crippen molar-refractivity contribution in [2.45, 2.75) is 32.3 Å². The predicted octanol–water partition coefficient (Wildman–Crippen LogP) is 3.05. The summed E-state index contributed by atoms with van der Waals surface area (Å²) >= 11 is 0. The van der Waals surface area contributed by atoms with Crippen molar-refractivity contribution in [2.75, 3.05) is 0 Å². The molecule has 1 aromatic carbocycles. The molecule has 0 atom stereocenters. The summed E-state index contributed by atoms with van der Waals surface area (Å²) in [5.41, 5.74) is -0.830. The number of benzene rings is 1. The minimum absolute atomic E-state index is 0.0391. The Morgan fingerprint density at radius 1 is 1.12 bits per heavy atom. The zero-order chi connectivity index (χ0) is 13.2. The maximum Gasteiger partial charge on any atom is 0.246 e. The van der Waals surface area contributed by atoms with Crippen LogP contribution in [0.25, 0.3) is 0 Å². The standard InChI is InChI=1S/C11H11F4OSi/c1-11(2,16-17)4-3-6-5-7(12)9(14)10(15)8(6)13/h5H,3-4H2,1-2H3. The first kappa shape index (κ1) is 14.2. The van der Waals surface area contributed by atoms with Crippen molar-refractivity contribution in [3.05, 3.63) is 34.9 Å². The van der Waals surface area contributed by atoms with Crippen LogP contribution in [0.4, 0.5) is 17.6 Å². The first-order valence-corrected chi connectivity index (χ1v) is 5.36. The third kappa shape index (κ3) is 3.29. The Labute approximate surface area is 100 Å². The first-order chi connectivity index (χ1) is 7.78. The lowest BCUT2D eigenvalue weighted by molar-refractivity contribution is 0.113. The van der Waals surface area contributed by atoms with Gasteiger partial charge in [0.1, 0.15) is 0 Å². The zero-order valence-electron chi connectivity index (χ0n) is 9.41. The third-order valence-corrected chi connectivity index (χ3v) is 3.00. The Morgan fingerprint density at radius 2 is 1.71 bits per heavy atom. The van der Waals surface area contributed by atoms with Gasteiger partial charge in [-0.2, -0.15) is 0 Å². The van der Waals surface area contributed by atoms with E-state index in [0.717, 1.165) is 0 Å². The SMILES string of the molecule is CC(C)(CCc1cc(F)c(F)c(F)c1F)O[Si]. The van der Waals surface area contributed by atoms with Gasteiger partial charge in [-0.3, -0.25) is 0 Å². The van der Waals surface area contributed by atoms with Crippen LogP contribution in [0.1, 0.15) is 25.8 Å². The van der Waals surface area contributed by atoms with Crippen molar-refractivity contribution in [1.29, 1.82) is 0 Å². The summed E-state index contributed by atoms with van der Waals surface area (Å²) in [7, 11) is 2.85. The summed E-state index contributed by atoms with van der Waals surface area (Å²) in [6, 6.07) is 0.664. The molecular weight excluding hydrogens is 252 g/mol. The smallest absolute Gasteiger partial charge is 0.246 e. The molecule has 0 saturated carbocycles. The van der Waals surface area contributed by atoms with Crippen LogP contribution in [-0.4, -0.2) is 16.1 Å². The fraction of sp³-hybridized carbons (Fsp3) is 0.455. The highest BCUT2D eigenvalue weighted by molar-refractivity contribution is 5.98. The van der Waals surface area contributed by atoms with Crippen LogP contribution >= 0.6 is 0 Å². The van der Waals surface area contributed by atoms with E-state index in [2.05, 4.69) is 10.5 Å². The Kier molecular flexibility index (Phi) is 4.32. The number of hydrogen-bond acceptors (Lipinski definition) is 1. The fourth-order valence-corrected chi connectivity index (χ4v) is 1.39. The first-order valence-electron chi connectivity index (χ1n) is 4.95. The molecule has 0 unspecified atom stereocenters. The lowest BCUT2D eigenvalue weighted by Gasteiger charge is -2.23. The zero-order valence-corrected chi connectivity index (χ0v) is 10.4. The molecule has 0 saturated heterocycles. The van der Waals surface area contributed by atoms with Gasteiger partial charge in [0.25, 0.3) is 0 Å². The predicted molar refractivity (Wildman–Crippen MR) is 55.5 cm³/mol. The molecule has 3 radical (unpaired) electrons. The van der Waals surface area contributed by atoms with Crippen LogP contribution in [0.2, 0.25) is 0 Å².